The second-order valence-electron chi connectivity index (χ2n) is 9.16. The minimum Gasteiger partial charge on any atom is -0.353 e. The highest BCUT2D eigenvalue weighted by Gasteiger charge is 2.30. The molecule has 2 aromatic rings. The highest BCUT2D eigenvalue weighted by Crippen LogP contribution is 2.33. The topological polar surface area (TPSA) is 65.5 Å². The molecule has 172 valence electrons. The van der Waals surface area contributed by atoms with Gasteiger partial charge in [0.25, 0.3) is 0 Å². The molecule has 32 heavy (non-hydrogen) atoms. The van der Waals surface area contributed by atoms with E-state index in [1.807, 2.05) is 11.8 Å². The fraction of sp³-hybridized carbons (Fsp3) is 0.560. The lowest BCUT2D eigenvalue weighted by molar-refractivity contribution is -0.128. The fourth-order valence-corrected chi connectivity index (χ4v) is 5.49. The van der Waals surface area contributed by atoms with Crippen molar-refractivity contribution in [3.63, 3.8) is 0 Å². The fourth-order valence-electron chi connectivity index (χ4n) is 4.87. The Hall–Kier alpha value is -2.25. The molecule has 7 heteroatoms. The summed E-state index contributed by atoms with van der Waals surface area (Å²) in [6, 6.07) is 6.52. The number of aromatic nitrogens is 1. The predicted octanol–water partition coefficient (Wildman–Crippen LogP) is 4.02. The first-order valence-electron chi connectivity index (χ1n) is 11.8. The van der Waals surface area contributed by atoms with E-state index in [9.17, 15) is 9.59 Å². The largest absolute Gasteiger partial charge is 0.353 e. The van der Waals surface area contributed by atoms with Crippen molar-refractivity contribution in [2.24, 2.45) is 5.92 Å². The first kappa shape index (κ1) is 22.9. The van der Waals surface area contributed by atoms with Crippen LogP contribution in [0.2, 0.25) is 0 Å². The summed E-state index contributed by atoms with van der Waals surface area (Å²) in [7, 11) is 0. The zero-order valence-corrected chi connectivity index (χ0v) is 20.2. The Kier molecular flexibility index (Phi) is 7.26. The minimum atomic E-state index is -0.0224. The summed E-state index contributed by atoms with van der Waals surface area (Å²) >= 11 is 1.66. The molecular formula is C25H34N4O2S. The van der Waals surface area contributed by atoms with Crippen LogP contribution in [0, 0.1) is 12.8 Å². The first-order valence-corrected chi connectivity index (χ1v) is 12.7. The molecule has 0 spiro atoms. The Balaban J connectivity index is 1.36. The molecule has 0 bridgehead atoms. The molecule has 2 unspecified atom stereocenters. The molecule has 1 aromatic heterocycles. The minimum absolute atomic E-state index is 0.0224. The zero-order chi connectivity index (χ0) is 22.7. The number of amides is 2. The van der Waals surface area contributed by atoms with Gasteiger partial charge in [-0.25, -0.2) is 4.98 Å². The van der Waals surface area contributed by atoms with Gasteiger partial charge in [-0.3, -0.25) is 14.5 Å². The van der Waals surface area contributed by atoms with Crippen molar-refractivity contribution in [3.05, 3.63) is 34.2 Å². The van der Waals surface area contributed by atoms with Gasteiger partial charge in [-0.1, -0.05) is 19.4 Å². The molecule has 2 aliphatic heterocycles. The van der Waals surface area contributed by atoms with Gasteiger partial charge < -0.3 is 10.2 Å². The molecular weight excluding hydrogens is 420 g/mol. The van der Waals surface area contributed by atoms with Crippen molar-refractivity contribution in [1.29, 1.82) is 0 Å². The third kappa shape index (κ3) is 5.21. The Labute approximate surface area is 195 Å². The van der Waals surface area contributed by atoms with E-state index < -0.39 is 0 Å². The number of anilines is 1. The average Bonchev–Trinajstić information content (AvgIpc) is 3.39. The second-order valence-corrected chi connectivity index (χ2v) is 10.2. The highest BCUT2D eigenvalue weighted by molar-refractivity contribution is 7.09. The van der Waals surface area contributed by atoms with E-state index in [1.165, 1.54) is 5.56 Å². The quantitative estimate of drug-likeness (QED) is 0.686. The Morgan fingerprint density at radius 2 is 2.16 bits per heavy atom. The number of fused-ring (bicyclic) bond motifs is 1. The number of likely N-dealkylation sites (tertiary alicyclic amines) is 1. The molecule has 1 saturated heterocycles. The second kappa shape index (κ2) is 10.1. The standard InChI is InChI=1S/C25H34N4O2S/c1-4-6-17(2)26-25(31)21-7-5-11-28(14-21)15-24(30)29-12-10-20-13-19(8-9-23(20)29)22-16-32-18(3)27-22/h8-9,13,16-17,21H,4-7,10-12,14-15H2,1-3H3,(H,26,31). The van der Waals surface area contributed by atoms with E-state index >= 15 is 0 Å². The summed E-state index contributed by atoms with van der Waals surface area (Å²) in [6.45, 7) is 8.86. The van der Waals surface area contributed by atoms with Gasteiger partial charge >= 0.3 is 0 Å². The van der Waals surface area contributed by atoms with E-state index in [0.29, 0.717) is 13.1 Å². The van der Waals surface area contributed by atoms with Crippen LogP contribution < -0.4 is 10.2 Å². The maximum atomic E-state index is 13.1. The number of nitrogens with zero attached hydrogens (tertiary/aromatic N) is 3. The number of rotatable bonds is 7. The van der Waals surface area contributed by atoms with Crippen molar-refractivity contribution in [3.8, 4) is 11.3 Å². The molecule has 4 rings (SSSR count). The molecule has 1 N–H and O–H groups in total. The summed E-state index contributed by atoms with van der Waals surface area (Å²) in [5, 5.41) is 6.29. The van der Waals surface area contributed by atoms with Crippen molar-refractivity contribution in [2.45, 2.75) is 58.9 Å². The summed E-state index contributed by atoms with van der Waals surface area (Å²) < 4.78 is 0. The van der Waals surface area contributed by atoms with Gasteiger partial charge in [-0.05, 0) is 63.8 Å². The summed E-state index contributed by atoms with van der Waals surface area (Å²) in [5.41, 5.74) is 4.35. The number of hydrogen-bond acceptors (Lipinski definition) is 5. The van der Waals surface area contributed by atoms with Crippen LogP contribution >= 0.6 is 11.3 Å². The van der Waals surface area contributed by atoms with Crippen LogP contribution in [-0.4, -0.2) is 53.9 Å². The van der Waals surface area contributed by atoms with Gasteiger partial charge in [0, 0.05) is 35.8 Å². The molecule has 2 aliphatic rings. The molecule has 0 saturated carbocycles. The zero-order valence-electron chi connectivity index (χ0n) is 19.4. The average molecular weight is 455 g/mol. The first-order chi connectivity index (χ1) is 15.4. The van der Waals surface area contributed by atoms with Crippen LogP contribution in [-0.2, 0) is 16.0 Å². The molecule has 6 nitrogen and oxygen atoms in total. The Morgan fingerprint density at radius 3 is 2.91 bits per heavy atom. The third-order valence-electron chi connectivity index (χ3n) is 6.54. The molecule has 1 fully saturated rings. The predicted molar refractivity (Wildman–Crippen MR) is 130 cm³/mol. The summed E-state index contributed by atoms with van der Waals surface area (Å²) in [5.74, 6) is 0.242. The molecule has 2 amide bonds. The van der Waals surface area contributed by atoms with Crippen molar-refractivity contribution < 1.29 is 9.59 Å². The molecule has 0 aliphatic carbocycles. The maximum absolute atomic E-state index is 13.1. The molecule has 2 atom stereocenters. The van der Waals surface area contributed by atoms with E-state index in [0.717, 1.165) is 67.1 Å². The van der Waals surface area contributed by atoms with Crippen LogP contribution in [0.25, 0.3) is 11.3 Å². The number of hydrogen-bond donors (Lipinski definition) is 1. The molecule has 3 heterocycles. The lowest BCUT2D eigenvalue weighted by Crippen LogP contribution is -2.48. The van der Waals surface area contributed by atoms with Crippen molar-refractivity contribution >= 4 is 28.8 Å². The Morgan fingerprint density at radius 1 is 1.31 bits per heavy atom. The van der Waals surface area contributed by atoms with Gasteiger partial charge in [0.1, 0.15) is 0 Å². The number of carbonyl (C=O) groups is 2. The van der Waals surface area contributed by atoms with Gasteiger partial charge in [-0.2, -0.15) is 0 Å². The smallest absolute Gasteiger partial charge is 0.241 e. The van der Waals surface area contributed by atoms with Gasteiger partial charge in [-0.15, -0.1) is 11.3 Å². The number of piperidine rings is 1. The SMILES string of the molecule is CCCC(C)NC(=O)C1CCCN(CC(=O)N2CCc3cc(-c4csc(C)n4)ccc32)C1. The number of carbonyl (C=O) groups excluding carboxylic acids is 2. The Bertz CT molecular complexity index is 973. The summed E-state index contributed by atoms with van der Waals surface area (Å²) in [4.78, 5) is 34.5. The normalized spacial score (nSPS) is 19.6. The van der Waals surface area contributed by atoms with Crippen LogP contribution in [0.5, 0.6) is 0 Å². The van der Waals surface area contributed by atoms with Crippen LogP contribution in [0.1, 0.15) is 50.1 Å². The lowest BCUT2D eigenvalue weighted by Gasteiger charge is -2.33. The van der Waals surface area contributed by atoms with Crippen LogP contribution in [0.15, 0.2) is 23.6 Å². The number of aryl methyl sites for hydroxylation is 1. The molecule has 1 aromatic carbocycles. The van der Waals surface area contributed by atoms with Crippen molar-refractivity contribution in [1.82, 2.24) is 15.2 Å². The number of nitrogens with one attached hydrogen (secondary N) is 1. The van der Waals surface area contributed by atoms with Gasteiger partial charge in [0.15, 0.2) is 0 Å². The van der Waals surface area contributed by atoms with Crippen LogP contribution in [0.3, 0.4) is 0 Å². The van der Waals surface area contributed by atoms with Gasteiger partial charge in [0.2, 0.25) is 11.8 Å². The van der Waals surface area contributed by atoms with E-state index in [-0.39, 0.29) is 23.8 Å². The van der Waals surface area contributed by atoms with E-state index in [1.54, 1.807) is 11.3 Å². The molecule has 0 radical (unpaired) electrons. The van der Waals surface area contributed by atoms with Crippen LogP contribution in [0.4, 0.5) is 5.69 Å². The highest BCUT2D eigenvalue weighted by atomic mass is 32.1. The monoisotopic (exact) mass is 454 g/mol. The van der Waals surface area contributed by atoms with Crippen molar-refractivity contribution in [2.75, 3.05) is 31.1 Å². The van der Waals surface area contributed by atoms with Gasteiger partial charge in [0.05, 0.1) is 23.2 Å². The summed E-state index contributed by atoms with van der Waals surface area (Å²) in [6.07, 6.45) is 4.80. The lowest BCUT2D eigenvalue weighted by atomic mass is 9.96. The maximum Gasteiger partial charge on any atom is 0.241 e. The third-order valence-corrected chi connectivity index (χ3v) is 7.31. The van der Waals surface area contributed by atoms with E-state index in [4.69, 9.17) is 0 Å². The number of benzene rings is 1. The number of thiazole rings is 1. The van der Waals surface area contributed by atoms with E-state index in [2.05, 4.69) is 52.6 Å².